The first-order valence-corrected chi connectivity index (χ1v) is 24.4. The lowest BCUT2D eigenvalue weighted by Gasteiger charge is -2.08. The zero-order valence-electron chi connectivity index (χ0n) is 36.4. The lowest BCUT2D eigenvalue weighted by atomic mass is 10.0. The zero-order valence-corrected chi connectivity index (χ0v) is 36.4. The molecule has 54 heavy (non-hydrogen) atoms. The minimum absolute atomic E-state index is 0.0431. The molecule has 0 saturated carbocycles. The molecule has 0 aliphatic rings. The molecule has 1 aromatic rings. The van der Waals surface area contributed by atoms with Gasteiger partial charge in [0.15, 0.2) is 0 Å². The summed E-state index contributed by atoms with van der Waals surface area (Å²) in [6.45, 7) is 6.03. The average Bonchev–Trinajstić information content (AvgIpc) is 3.19. The van der Waals surface area contributed by atoms with E-state index in [-0.39, 0.29) is 11.8 Å². The number of hydrogen-bond donors (Lipinski definition) is 2. The zero-order chi connectivity index (χ0) is 38.8. The molecule has 0 saturated heterocycles. The lowest BCUT2D eigenvalue weighted by Crippen LogP contribution is -2.26. The normalized spacial score (nSPS) is 11.3. The molecular formula is C50H92N2O2. The van der Waals surface area contributed by atoms with Gasteiger partial charge in [0, 0.05) is 24.2 Å². The molecule has 314 valence electrons. The highest BCUT2D eigenvalue weighted by Crippen LogP contribution is 2.16. The SMILES string of the molecule is CCCCCCCCCCCCCCCCCCCCCNC(=O)c1ccc(C(=O)NCCCCCCCCCCCCCCCCCCCCC)cc1. The van der Waals surface area contributed by atoms with Crippen molar-refractivity contribution in [1.29, 1.82) is 0 Å². The standard InChI is InChI=1S/C50H92N2O2/c1-3-5-7-9-11-13-15-17-19-21-23-25-27-29-31-33-35-37-39-45-51-49(53)47-41-43-48(44-42-47)50(54)52-46-40-38-36-34-32-30-28-26-24-22-20-18-16-14-12-10-8-6-4-2/h41-44H,3-40,45-46H2,1-2H3,(H,51,53)(H,52,54). The van der Waals surface area contributed by atoms with Crippen molar-refractivity contribution in [3.05, 3.63) is 35.4 Å². The molecule has 0 aliphatic heterocycles. The number of benzene rings is 1. The number of rotatable bonds is 42. The van der Waals surface area contributed by atoms with E-state index in [1.165, 1.54) is 231 Å². The summed E-state index contributed by atoms with van der Waals surface area (Å²) in [5.74, 6) is -0.0862. The van der Waals surface area contributed by atoms with Gasteiger partial charge in [-0.3, -0.25) is 9.59 Å². The Morgan fingerprint density at radius 1 is 0.296 bits per heavy atom. The van der Waals surface area contributed by atoms with Crippen LogP contribution in [0.2, 0.25) is 0 Å². The molecule has 0 bridgehead atoms. The van der Waals surface area contributed by atoms with Crippen LogP contribution in [0.15, 0.2) is 24.3 Å². The maximum atomic E-state index is 12.6. The van der Waals surface area contributed by atoms with Crippen LogP contribution in [0, 0.1) is 0 Å². The van der Waals surface area contributed by atoms with Gasteiger partial charge in [-0.15, -0.1) is 0 Å². The van der Waals surface area contributed by atoms with Gasteiger partial charge in [-0.2, -0.15) is 0 Å². The molecule has 1 aromatic carbocycles. The van der Waals surface area contributed by atoms with Crippen LogP contribution >= 0.6 is 0 Å². The summed E-state index contributed by atoms with van der Waals surface area (Å²) in [7, 11) is 0. The largest absolute Gasteiger partial charge is 0.352 e. The smallest absolute Gasteiger partial charge is 0.251 e. The molecule has 0 unspecified atom stereocenters. The van der Waals surface area contributed by atoms with Crippen molar-refractivity contribution < 1.29 is 9.59 Å². The Balaban J connectivity index is 1.87. The Bertz CT molecular complexity index is 854. The predicted molar refractivity (Wildman–Crippen MR) is 238 cm³/mol. The Labute approximate surface area is 337 Å². The molecular weight excluding hydrogens is 661 g/mol. The van der Waals surface area contributed by atoms with Crippen molar-refractivity contribution in [2.45, 2.75) is 258 Å². The third-order valence-corrected chi connectivity index (χ3v) is 11.5. The second kappa shape index (κ2) is 40.8. The maximum absolute atomic E-state index is 12.6. The number of hydrogen-bond acceptors (Lipinski definition) is 2. The number of carbonyl (C=O) groups is 2. The topological polar surface area (TPSA) is 58.2 Å². The summed E-state index contributed by atoms with van der Waals surface area (Å²) in [6.07, 6.45) is 52.1. The summed E-state index contributed by atoms with van der Waals surface area (Å²) < 4.78 is 0. The summed E-state index contributed by atoms with van der Waals surface area (Å²) in [6, 6.07) is 7.10. The fourth-order valence-corrected chi connectivity index (χ4v) is 7.79. The van der Waals surface area contributed by atoms with Crippen LogP contribution < -0.4 is 10.6 Å². The van der Waals surface area contributed by atoms with Gasteiger partial charge in [0.1, 0.15) is 0 Å². The van der Waals surface area contributed by atoms with Crippen LogP contribution in [0.1, 0.15) is 279 Å². The number of carbonyl (C=O) groups excluding carboxylic acids is 2. The third kappa shape index (κ3) is 33.5. The molecule has 0 aliphatic carbocycles. The Morgan fingerprint density at radius 3 is 0.648 bits per heavy atom. The third-order valence-electron chi connectivity index (χ3n) is 11.5. The van der Waals surface area contributed by atoms with Gasteiger partial charge in [0.05, 0.1) is 0 Å². The van der Waals surface area contributed by atoms with E-state index in [0.29, 0.717) is 11.1 Å². The van der Waals surface area contributed by atoms with Gasteiger partial charge in [-0.05, 0) is 37.1 Å². The van der Waals surface area contributed by atoms with E-state index in [2.05, 4.69) is 24.5 Å². The average molecular weight is 753 g/mol. The van der Waals surface area contributed by atoms with Gasteiger partial charge in [0.2, 0.25) is 0 Å². The Hall–Kier alpha value is -1.84. The predicted octanol–water partition coefficient (Wildman–Crippen LogP) is 16.0. The highest BCUT2D eigenvalue weighted by Gasteiger charge is 2.09. The minimum atomic E-state index is -0.0431. The number of nitrogens with one attached hydrogen (secondary N) is 2. The molecule has 4 heteroatoms. The van der Waals surface area contributed by atoms with Crippen molar-refractivity contribution in [3.63, 3.8) is 0 Å². The molecule has 2 N–H and O–H groups in total. The molecule has 1 rings (SSSR count). The summed E-state index contributed by atoms with van der Waals surface area (Å²) in [5, 5.41) is 6.11. The fraction of sp³-hybridized carbons (Fsp3) is 0.840. The summed E-state index contributed by atoms with van der Waals surface area (Å²) in [5.41, 5.74) is 1.26. The molecule has 0 aromatic heterocycles. The molecule has 4 nitrogen and oxygen atoms in total. The lowest BCUT2D eigenvalue weighted by molar-refractivity contribution is 0.0941. The summed E-state index contributed by atoms with van der Waals surface area (Å²) >= 11 is 0. The molecule has 0 spiro atoms. The maximum Gasteiger partial charge on any atom is 0.251 e. The van der Waals surface area contributed by atoms with Gasteiger partial charge in [-0.25, -0.2) is 0 Å². The van der Waals surface area contributed by atoms with E-state index in [0.717, 1.165) is 25.9 Å². The quantitative estimate of drug-likeness (QED) is 0.0653. The number of unbranched alkanes of at least 4 members (excludes halogenated alkanes) is 36. The molecule has 0 radical (unpaired) electrons. The second-order valence-corrected chi connectivity index (χ2v) is 16.8. The van der Waals surface area contributed by atoms with Crippen molar-refractivity contribution >= 4 is 11.8 Å². The molecule has 0 atom stereocenters. The van der Waals surface area contributed by atoms with Crippen LogP contribution in [0.5, 0.6) is 0 Å². The van der Waals surface area contributed by atoms with E-state index in [1.54, 1.807) is 24.3 Å². The first-order chi connectivity index (χ1) is 26.7. The van der Waals surface area contributed by atoms with Crippen molar-refractivity contribution in [2.75, 3.05) is 13.1 Å². The van der Waals surface area contributed by atoms with Crippen LogP contribution in [0.4, 0.5) is 0 Å². The second-order valence-electron chi connectivity index (χ2n) is 16.8. The molecule has 0 fully saturated rings. The van der Waals surface area contributed by atoms with Crippen molar-refractivity contribution in [3.8, 4) is 0 Å². The first-order valence-electron chi connectivity index (χ1n) is 24.4. The van der Waals surface area contributed by atoms with Crippen LogP contribution in [0.3, 0.4) is 0 Å². The van der Waals surface area contributed by atoms with Crippen LogP contribution in [-0.2, 0) is 0 Å². The Morgan fingerprint density at radius 2 is 0.463 bits per heavy atom. The van der Waals surface area contributed by atoms with E-state index in [1.807, 2.05) is 0 Å². The van der Waals surface area contributed by atoms with Gasteiger partial charge < -0.3 is 10.6 Å². The van der Waals surface area contributed by atoms with Gasteiger partial charge in [0.25, 0.3) is 11.8 Å². The molecule has 0 heterocycles. The summed E-state index contributed by atoms with van der Waals surface area (Å²) in [4.78, 5) is 25.1. The number of amides is 2. The van der Waals surface area contributed by atoms with Crippen LogP contribution in [0.25, 0.3) is 0 Å². The van der Waals surface area contributed by atoms with Gasteiger partial charge >= 0.3 is 0 Å². The van der Waals surface area contributed by atoms with Crippen LogP contribution in [-0.4, -0.2) is 24.9 Å². The van der Waals surface area contributed by atoms with E-state index >= 15 is 0 Å². The minimum Gasteiger partial charge on any atom is -0.352 e. The van der Waals surface area contributed by atoms with E-state index < -0.39 is 0 Å². The van der Waals surface area contributed by atoms with Crippen molar-refractivity contribution in [2.24, 2.45) is 0 Å². The monoisotopic (exact) mass is 753 g/mol. The van der Waals surface area contributed by atoms with E-state index in [4.69, 9.17) is 0 Å². The first kappa shape index (κ1) is 50.2. The van der Waals surface area contributed by atoms with Gasteiger partial charge in [-0.1, -0.05) is 245 Å². The molecule has 2 amide bonds. The highest BCUT2D eigenvalue weighted by molar-refractivity contribution is 5.97. The van der Waals surface area contributed by atoms with Crippen molar-refractivity contribution in [1.82, 2.24) is 10.6 Å². The Kier molecular flexibility index (Phi) is 37.9. The van der Waals surface area contributed by atoms with E-state index in [9.17, 15) is 9.59 Å². The fourth-order valence-electron chi connectivity index (χ4n) is 7.79. The highest BCUT2D eigenvalue weighted by atomic mass is 16.2.